The molecule has 0 aliphatic rings. The SMILES string of the molecule is O=C(O)NCc1cc2cc(Br)cc(C(F)(F)F)c2o1. The number of amides is 1. The van der Waals surface area contributed by atoms with Gasteiger partial charge in [0.15, 0.2) is 0 Å². The van der Waals surface area contributed by atoms with Crippen LogP contribution in [0.15, 0.2) is 27.1 Å². The molecule has 2 aromatic rings. The normalized spacial score (nSPS) is 11.8. The Kier molecular flexibility index (Phi) is 3.44. The highest BCUT2D eigenvalue weighted by Crippen LogP contribution is 2.38. The van der Waals surface area contributed by atoms with Crippen LogP contribution in [0, 0.1) is 0 Å². The van der Waals surface area contributed by atoms with Crippen LogP contribution in [0.5, 0.6) is 0 Å². The monoisotopic (exact) mass is 337 g/mol. The van der Waals surface area contributed by atoms with Gasteiger partial charge in [-0.25, -0.2) is 4.79 Å². The van der Waals surface area contributed by atoms with Gasteiger partial charge in [-0.1, -0.05) is 15.9 Å². The molecule has 0 saturated heterocycles. The van der Waals surface area contributed by atoms with Crippen molar-refractivity contribution >= 4 is 33.0 Å². The summed E-state index contributed by atoms with van der Waals surface area (Å²) in [5, 5.41) is 10.7. The third-order valence-electron chi connectivity index (χ3n) is 2.35. The highest BCUT2D eigenvalue weighted by molar-refractivity contribution is 9.10. The molecule has 1 aromatic heterocycles. The summed E-state index contributed by atoms with van der Waals surface area (Å²) in [6.07, 6.45) is -5.82. The summed E-state index contributed by atoms with van der Waals surface area (Å²) in [6, 6.07) is 3.75. The average molecular weight is 338 g/mol. The molecule has 0 saturated carbocycles. The van der Waals surface area contributed by atoms with Crippen LogP contribution in [0.25, 0.3) is 11.0 Å². The number of hydrogen-bond acceptors (Lipinski definition) is 2. The van der Waals surface area contributed by atoms with Gasteiger partial charge in [0.25, 0.3) is 0 Å². The lowest BCUT2D eigenvalue weighted by molar-refractivity contribution is -0.136. The summed E-state index contributed by atoms with van der Waals surface area (Å²) in [6.45, 7) is -0.196. The molecule has 0 unspecified atom stereocenters. The van der Waals surface area contributed by atoms with Gasteiger partial charge in [-0.15, -0.1) is 0 Å². The first kappa shape index (κ1) is 13.7. The van der Waals surface area contributed by atoms with Gasteiger partial charge in [-0.2, -0.15) is 13.2 Å². The largest absolute Gasteiger partial charge is 0.465 e. The molecule has 2 N–H and O–H groups in total. The van der Waals surface area contributed by atoms with Gasteiger partial charge < -0.3 is 14.8 Å². The minimum absolute atomic E-state index is 0.112. The number of carboxylic acid groups (broad SMARTS) is 1. The molecule has 19 heavy (non-hydrogen) atoms. The van der Waals surface area contributed by atoms with E-state index in [4.69, 9.17) is 9.52 Å². The minimum atomic E-state index is -4.54. The van der Waals surface area contributed by atoms with Crippen molar-refractivity contribution in [2.45, 2.75) is 12.7 Å². The maximum Gasteiger partial charge on any atom is 0.420 e. The topological polar surface area (TPSA) is 62.5 Å². The number of rotatable bonds is 2. The van der Waals surface area contributed by atoms with Crippen LogP contribution in [0.2, 0.25) is 0 Å². The molecule has 1 amide bonds. The number of halogens is 4. The highest BCUT2D eigenvalue weighted by Gasteiger charge is 2.34. The molecule has 0 aliphatic heterocycles. The van der Waals surface area contributed by atoms with Crippen molar-refractivity contribution in [1.82, 2.24) is 5.32 Å². The Hall–Kier alpha value is -1.70. The van der Waals surface area contributed by atoms with E-state index < -0.39 is 17.8 Å². The van der Waals surface area contributed by atoms with Crippen LogP contribution < -0.4 is 5.32 Å². The average Bonchev–Trinajstić information content (AvgIpc) is 2.66. The van der Waals surface area contributed by atoms with Gasteiger partial charge in [0.2, 0.25) is 0 Å². The Morgan fingerprint density at radius 1 is 1.37 bits per heavy atom. The Morgan fingerprint density at radius 2 is 2.05 bits per heavy atom. The molecule has 4 nitrogen and oxygen atoms in total. The first-order valence-electron chi connectivity index (χ1n) is 5.03. The van der Waals surface area contributed by atoms with Crippen molar-refractivity contribution < 1.29 is 27.5 Å². The predicted octanol–water partition coefficient (Wildman–Crippen LogP) is 3.98. The number of carbonyl (C=O) groups is 1. The quantitative estimate of drug-likeness (QED) is 0.871. The second-order valence-corrected chi connectivity index (χ2v) is 4.66. The van der Waals surface area contributed by atoms with E-state index in [0.717, 1.165) is 6.07 Å². The Labute approximate surface area is 113 Å². The Morgan fingerprint density at radius 3 is 2.63 bits per heavy atom. The second kappa shape index (κ2) is 4.76. The minimum Gasteiger partial charge on any atom is -0.465 e. The smallest absolute Gasteiger partial charge is 0.420 e. The zero-order valence-corrected chi connectivity index (χ0v) is 10.8. The molecule has 0 spiro atoms. The molecular formula is C11H7BrF3NO3. The summed E-state index contributed by atoms with van der Waals surface area (Å²) in [4.78, 5) is 10.3. The van der Waals surface area contributed by atoms with Crippen LogP contribution in [-0.2, 0) is 12.7 Å². The second-order valence-electron chi connectivity index (χ2n) is 3.74. The van der Waals surface area contributed by atoms with E-state index in [1.807, 2.05) is 5.32 Å². The molecule has 0 atom stereocenters. The zero-order valence-electron chi connectivity index (χ0n) is 9.21. The molecule has 2 rings (SSSR count). The van der Waals surface area contributed by atoms with E-state index >= 15 is 0 Å². The van der Waals surface area contributed by atoms with Crippen molar-refractivity contribution in [1.29, 1.82) is 0 Å². The number of benzene rings is 1. The van der Waals surface area contributed by atoms with Gasteiger partial charge in [-0.3, -0.25) is 0 Å². The first-order valence-corrected chi connectivity index (χ1v) is 5.82. The number of fused-ring (bicyclic) bond motifs is 1. The van der Waals surface area contributed by atoms with Gasteiger partial charge >= 0.3 is 12.3 Å². The van der Waals surface area contributed by atoms with Crippen molar-refractivity contribution in [3.05, 3.63) is 34.0 Å². The molecule has 1 heterocycles. The Bertz CT molecular complexity index is 636. The fraction of sp³-hybridized carbons (Fsp3) is 0.182. The zero-order chi connectivity index (χ0) is 14.2. The van der Waals surface area contributed by atoms with Crippen LogP contribution in [-0.4, -0.2) is 11.2 Å². The van der Waals surface area contributed by atoms with Crippen molar-refractivity contribution in [2.24, 2.45) is 0 Å². The third kappa shape index (κ3) is 3.01. The summed E-state index contributed by atoms with van der Waals surface area (Å²) >= 11 is 3.00. The number of alkyl halides is 3. The molecule has 0 radical (unpaired) electrons. The number of furan rings is 1. The number of hydrogen-bond donors (Lipinski definition) is 2. The summed E-state index contributed by atoms with van der Waals surface area (Å²) < 4.78 is 43.8. The standard InChI is InChI=1S/C11H7BrF3NO3/c12-6-1-5-2-7(4-16-10(17)18)19-9(5)8(3-6)11(13,14)15/h1-3,16H,4H2,(H,17,18). The van der Waals surface area contributed by atoms with Crippen molar-refractivity contribution in [3.8, 4) is 0 Å². The third-order valence-corrected chi connectivity index (χ3v) is 2.81. The van der Waals surface area contributed by atoms with E-state index in [-0.39, 0.29) is 27.7 Å². The van der Waals surface area contributed by atoms with Crippen molar-refractivity contribution in [3.63, 3.8) is 0 Å². The fourth-order valence-electron chi connectivity index (χ4n) is 1.63. The number of nitrogens with one attached hydrogen (secondary N) is 1. The molecular weight excluding hydrogens is 331 g/mol. The molecule has 0 bridgehead atoms. The lowest BCUT2D eigenvalue weighted by Gasteiger charge is -2.07. The van der Waals surface area contributed by atoms with Gasteiger partial charge in [0.1, 0.15) is 11.3 Å². The summed E-state index contributed by atoms with van der Waals surface area (Å²) in [5.41, 5.74) is -1.21. The van der Waals surface area contributed by atoms with Crippen LogP contribution in [0.4, 0.5) is 18.0 Å². The van der Waals surface area contributed by atoms with E-state index in [9.17, 15) is 18.0 Å². The summed E-state index contributed by atoms with van der Waals surface area (Å²) in [5.74, 6) is 0.112. The van der Waals surface area contributed by atoms with Gasteiger partial charge in [-0.05, 0) is 18.2 Å². The van der Waals surface area contributed by atoms with Crippen LogP contribution in [0.1, 0.15) is 11.3 Å². The van der Waals surface area contributed by atoms with Crippen LogP contribution >= 0.6 is 15.9 Å². The first-order chi connectivity index (χ1) is 8.77. The molecule has 0 fully saturated rings. The summed E-state index contributed by atoms with van der Waals surface area (Å²) in [7, 11) is 0. The van der Waals surface area contributed by atoms with E-state index in [0.29, 0.717) is 0 Å². The maximum absolute atomic E-state index is 12.8. The molecule has 8 heteroatoms. The van der Waals surface area contributed by atoms with E-state index in [1.165, 1.54) is 12.1 Å². The molecule has 0 aliphatic carbocycles. The van der Waals surface area contributed by atoms with Gasteiger partial charge in [0, 0.05) is 9.86 Å². The van der Waals surface area contributed by atoms with Gasteiger partial charge in [0.05, 0.1) is 12.1 Å². The lowest BCUT2D eigenvalue weighted by Crippen LogP contribution is -2.19. The Balaban J connectivity index is 2.49. The maximum atomic E-state index is 12.8. The highest BCUT2D eigenvalue weighted by atomic mass is 79.9. The molecule has 102 valence electrons. The molecule has 1 aromatic carbocycles. The predicted molar refractivity (Wildman–Crippen MR) is 63.8 cm³/mol. The van der Waals surface area contributed by atoms with E-state index in [1.54, 1.807) is 0 Å². The lowest BCUT2D eigenvalue weighted by atomic mass is 10.1. The van der Waals surface area contributed by atoms with E-state index in [2.05, 4.69) is 15.9 Å². The van der Waals surface area contributed by atoms with Crippen molar-refractivity contribution in [2.75, 3.05) is 0 Å². The van der Waals surface area contributed by atoms with Crippen LogP contribution in [0.3, 0.4) is 0 Å². The fourth-order valence-corrected chi connectivity index (χ4v) is 2.11.